The number of nitrogens with zero attached hydrogens (tertiary/aromatic N) is 2. The molecule has 1 amide bonds. The van der Waals surface area contributed by atoms with Crippen LogP contribution in [-0.2, 0) is 16.6 Å². The summed E-state index contributed by atoms with van der Waals surface area (Å²) in [5, 5.41) is 0.244. The van der Waals surface area contributed by atoms with Crippen molar-refractivity contribution in [3.05, 3.63) is 58.4 Å². The number of methoxy groups -OCH3 is 1. The zero-order valence-electron chi connectivity index (χ0n) is 16.4. The van der Waals surface area contributed by atoms with Gasteiger partial charge < -0.3 is 9.64 Å². The molecule has 29 heavy (non-hydrogen) atoms. The Balaban J connectivity index is 1.99. The lowest BCUT2D eigenvalue weighted by atomic mass is 10.1. The first-order valence-corrected chi connectivity index (χ1v) is 10.8. The van der Waals surface area contributed by atoms with Gasteiger partial charge in [0.25, 0.3) is 5.91 Å². The molecule has 0 aliphatic heterocycles. The van der Waals surface area contributed by atoms with Crippen molar-refractivity contribution in [1.82, 2.24) is 9.21 Å². The molecule has 1 aliphatic carbocycles. The van der Waals surface area contributed by atoms with E-state index in [0.717, 1.165) is 17.1 Å². The van der Waals surface area contributed by atoms with Crippen LogP contribution in [0.25, 0.3) is 0 Å². The molecule has 9 heteroatoms. The molecule has 0 atom stereocenters. The number of hydrogen-bond acceptors (Lipinski definition) is 4. The zero-order valence-corrected chi connectivity index (χ0v) is 17.9. The summed E-state index contributed by atoms with van der Waals surface area (Å²) >= 11 is 6.13. The quantitative estimate of drug-likeness (QED) is 0.660. The SMILES string of the molecule is COc1ccc(C(=O)N(Cc2c(F)cccc2Cl)C2CC2)cc1S(=O)(=O)N(C)C. The molecule has 1 fully saturated rings. The van der Waals surface area contributed by atoms with Crippen molar-refractivity contribution in [2.45, 2.75) is 30.3 Å². The van der Waals surface area contributed by atoms with Crippen LogP contribution in [0.3, 0.4) is 0 Å². The first-order chi connectivity index (χ1) is 13.7. The van der Waals surface area contributed by atoms with E-state index in [1.54, 1.807) is 6.07 Å². The van der Waals surface area contributed by atoms with Gasteiger partial charge in [-0.15, -0.1) is 0 Å². The second kappa shape index (κ2) is 8.30. The minimum atomic E-state index is -3.82. The molecule has 1 aliphatic rings. The third-order valence-electron chi connectivity index (χ3n) is 4.81. The molecule has 0 N–H and O–H groups in total. The van der Waals surface area contributed by atoms with Crippen molar-refractivity contribution >= 4 is 27.5 Å². The molecule has 2 aromatic carbocycles. The summed E-state index contributed by atoms with van der Waals surface area (Å²) in [6.45, 7) is 0.0107. The highest BCUT2D eigenvalue weighted by atomic mass is 35.5. The van der Waals surface area contributed by atoms with Crippen molar-refractivity contribution in [3.8, 4) is 5.75 Å². The number of halogens is 2. The van der Waals surface area contributed by atoms with Crippen LogP contribution in [0.2, 0.25) is 5.02 Å². The van der Waals surface area contributed by atoms with E-state index in [4.69, 9.17) is 16.3 Å². The van der Waals surface area contributed by atoms with Gasteiger partial charge in [0.15, 0.2) is 0 Å². The molecule has 1 saturated carbocycles. The number of sulfonamides is 1. The van der Waals surface area contributed by atoms with Crippen molar-refractivity contribution in [2.24, 2.45) is 0 Å². The lowest BCUT2D eigenvalue weighted by molar-refractivity contribution is 0.0728. The van der Waals surface area contributed by atoms with Crippen LogP contribution >= 0.6 is 11.6 Å². The van der Waals surface area contributed by atoms with Crippen LogP contribution in [0.4, 0.5) is 4.39 Å². The normalized spacial score (nSPS) is 14.1. The van der Waals surface area contributed by atoms with Gasteiger partial charge in [-0.2, -0.15) is 0 Å². The Morgan fingerprint density at radius 1 is 1.24 bits per heavy atom. The van der Waals surface area contributed by atoms with E-state index in [9.17, 15) is 17.6 Å². The molecular formula is C20H22ClFN2O4S. The van der Waals surface area contributed by atoms with E-state index in [-0.39, 0.29) is 45.3 Å². The first-order valence-electron chi connectivity index (χ1n) is 9.01. The van der Waals surface area contributed by atoms with Crippen LogP contribution in [-0.4, -0.2) is 50.8 Å². The molecule has 156 valence electrons. The summed E-state index contributed by atoms with van der Waals surface area (Å²) in [6, 6.07) is 8.60. The van der Waals surface area contributed by atoms with E-state index in [1.165, 1.54) is 56.4 Å². The van der Waals surface area contributed by atoms with Crippen molar-refractivity contribution in [3.63, 3.8) is 0 Å². The van der Waals surface area contributed by atoms with E-state index in [1.807, 2.05) is 0 Å². The van der Waals surface area contributed by atoms with Crippen molar-refractivity contribution in [1.29, 1.82) is 0 Å². The molecule has 0 unspecified atom stereocenters. The van der Waals surface area contributed by atoms with Gasteiger partial charge in [0.2, 0.25) is 10.0 Å². The van der Waals surface area contributed by atoms with E-state index >= 15 is 0 Å². The second-order valence-electron chi connectivity index (χ2n) is 7.02. The fourth-order valence-corrected chi connectivity index (χ4v) is 4.28. The van der Waals surface area contributed by atoms with E-state index < -0.39 is 15.8 Å². The van der Waals surface area contributed by atoms with Crippen molar-refractivity contribution < 1.29 is 22.3 Å². The first kappa shape index (κ1) is 21.5. The molecule has 0 spiro atoms. The van der Waals surface area contributed by atoms with Gasteiger partial charge >= 0.3 is 0 Å². The topological polar surface area (TPSA) is 66.9 Å². The summed E-state index contributed by atoms with van der Waals surface area (Å²) in [5.74, 6) is -0.725. The predicted octanol–water partition coefficient (Wildman–Crippen LogP) is 3.54. The fraction of sp³-hybridized carbons (Fsp3) is 0.350. The van der Waals surface area contributed by atoms with Crippen LogP contribution < -0.4 is 4.74 Å². The average Bonchev–Trinajstić information content (AvgIpc) is 3.51. The number of hydrogen-bond donors (Lipinski definition) is 0. The highest BCUT2D eigenvalue weighted by Gasteiger charge is 2.35. The molecule has 6 nitrogen and oxygen atoms in total. The highest BCUT2D eigenvalue weighted by molar-refractivity contribution is 7.89. The van der Waals surface area contributed by atoms with E-state index in [2.05, 4.69) is 0 Å². The number of amides is 1. The predicted molar refractivity (Wildman–Crippen MR) is 108 cm³/mol. The summed E-state index contributed by atoms with van der Waals surface area (Å²) in [5.41, 5.74) is 0.426. The van der Waals surface area contributed by atoms with Gasteiger partial charge in [-0.1, -0.05) is 17.7 Å². The van der Waals surface area contributed by atoms with Gasteiger partial charge in [0.05, 0.1) is 13.7 Å². The largest absolute Gasteiger partial charge is 0.495 e. The smallest absolute Gasteiger partial charge is 0.254 e. The summed E-state index contributed by atoms with van der Waals surface area (Å²) in [4.78, 5) is 14.7. The lowest BCUT2D eigenvalue weighted by Crippen LogP contribution is -2.33. The van der Waals surface area contributed by atoms with Gasteiger partial charge in [-0.25, -0.2) is 17.1 Å². The minimum Gasteiger partial charge on any atom is -0.495 e. The maximum Gasteiger partial charge on any atom is 0.254 e. The molecule has 0 aromatic heterocycles. The molecule has 2 aromatic rings. The number of carbonyl (C=O) groups is 1. The molecule has 0 bridgehead atoms. The second-order valence-corrected chi connectivity index (χ2v) is 9.54. The number of carbonyl (C=O) groups excluding carboxylic acids is 1. The Kier molecular flexibility index (Phi) is 6.16. The van der Waals surface area contributed by atoms with E-state index in [0.29, 0.717) is 0 Å². The Labute approximate surface area is 174 Å². The molecular weight excluding hydrogens is 419 g/mol. The van der Waals surface area contributed by atoms with Gasteiger partial charge in [-0.3, -0.25) is 4.79 Å². The maximum atomic E-state index is 14.2. The third kappa shape index (κ3) is 4.39. The minimum absolute atomic E-state index is 0.0107. The molecule has 0 heterocycles. The third-order valence-corrected chi connectivity index (χ3v) is 7.00. The van der Waals surface area contributed by atoms with Crippen LogP contribution in [0.15, 0.2) is 41.3 Å². The molecule has 0 saturated heterocycles. The fourth-order valence-electron chi connectivity index (χ4n) is 2.98. The maximum absolute atomic E-state index is 14.2. The highest BCUT2D eigenvalue weighted by Crippen LogP contribution is 2.33. The average molecular weight is 441 g/mol. The summed E-state index contributed by atoms with van der Waals surface area (Å²) in [6.07, 6.45) is 1.60. The number of ether oxygens (including phenoxy) is 1. The number of rotatable bonds is 7. The van der Waals surface area contributed by atoms with Crippen LogP contribution in [0.1, 0.15) is 28.8 Å². The Morgan fingerprint density at radius 2 is 1.93 bits per heavy atom. The Bertz CT molecular complexity index is 1020. The molecule has 0 radical (unpaired) electrons. The van der Waals surface area contributed by atoms with Gasteiger partial charge in [0.1, 0.15) is 16.5 Å². The van der Waals surface area contributed by atoms with Crippen molar-refractivity contribution in [2.75, 3.05) is 21.2 Å². The Hall–Kier alpha value is -2.16. The summed E-state index contributed by atoms with van der Waals surface area (Å²) in [7, 11) is 0.347. The van der Waals surface area contributed by atoms with Crippen LogP contribution in [0.5, 0.6) is 5.75 Å². The zero-order chi connectivity index (χ0) is 21.3. The number of benzene rings is 2. The Morgan fingerprint density at radius 3 is 2.48 bits per heavy atom. The van der Waals surface area contributed by atoms with Gasteiger partial charge in [0, 0.05) is 36.3 Å². The monoisotopic (exact) mass is 440 g/mol. The summed E-state index contributed by atoms with van der Waals surface area (Å²) < 4.78 is 45.7. The molecule has 3 rings (SSSR count). The van der Waals surface area contributed by atoms with Gasteiger partial charge in [-0.05, 0) is 43.2 Å². The van der Waals surface area contributed by atoms with Crippen LogP contribution in [0, 0.1) is 5.82 Å². The lowest BCUT2D eigenvalue weighted by Gasteiger charge is -2.24. The standard InChI is InChI=1S/C20H22ClFN2O4S/c1-23(2)29(26,27)19-11-13(7-10-18(19)28-3)20(25)24(14-8-9-14)12-15-16(21)5-4-6-17(15)22/h4-7,10-11,14H,8-9,12H2,1-3H3.